The smallest absolute Gasteiger partial charge is 0.442 e. The van der Waals surface area contributed by atoms with Crippen molar-refractivity contribution in [2.24, 2.45) is 13.0 Å². The Morgan fingerprint density at radius 1 is 1.19 bits per heavy atom. The van der Waals surface area contributed by atoms with Crippen LogP contribution < -0.4 is 10.4 Å². The van der Waals surface area contributed by atoms with Crippen molar-refractivity contribution in [2.75, 3.05) is 0 Å². The minimum Gasteiger partial charge on any atom is -0.442 e. The van der Waals surface area contributed by atoms with E-state index in [1.54, 1.807) is 29.5 Å². The molecule has 1 atom stereocenters. The number of carbonyl (C=O) groups is 1. The molecule has 0 bridgehead atoms. The number of fused-ring (bicyclic) bond motifs is 3. The van der Waals surface area contributed by atoms with Gasteiger partial charge in [-0.3, -0.25) is 14.8 Å². The van der Waals surface area contributed by atoms with E-state index in [9.17, 15) is 9.59 Å². The fourth-order valence-electron chi connectivity index (χ4n) is 4.52. The van der Waals surface area contributed by atoms with Gasteiger partial charge in [0.1, 0.15) is 5.60 Å². The zero-order chi connectivity index (χ0) is 27.1. The monoisotopic (exact) mass is 522 g/mol. The van der Waals surface area contributed by atoms with Crippen molar-refractivity contribution < 1.29 is 14.4 Å². The van der Waals surface area contributed by atoms with Crippen LogP contribution in [0.2, 0.25) is 0 Å². The summed E-state index contributed by atoms with van der Waals surface area (Å²) in [4.78, 5) is 42.4. The molecule has 4 aromatic rings. The van der Waals surface area contributed by atoms with E-state index in [1.807, 2.05) is 52.8 Å². The topological polar surface area (TPSA) is 86.6 Å². The van der Waals surface area contributed by atoms with Crippen LogP contribution in [0.4, 0.5) is 4.79 Å². The number of hydrogen-bond donors (Lipinski definition) is 0. The highest BCUT2D eigenvalue weighted by Gasteiger charge is 2.30. The lowest BCUT2D eigenvalue weighted by molar-refractivity contribution is -0.0962. The van der Waals surface area contributed by atoms with E-state index in [4.69, 9.17) is 9.57 Å². The molecule has 0 fully saturated rings. The summed E-state index contributed by atoms with van der Waals surface area (Å²) >= 11 is 1.47. The van der Waals surface area contributed by atoms with Gasteiger partial charge in [-0.1, -0.05) is 13.8 Å². The zero-order valence-electron chi connectivity index (χ0n) is 22.7. The van der Waals surface area contributed by atoms with Crippen LogP contribution >= 0.6 is 11.3 Å². The van der Waals surface area contributed by atoms with E-state index < -0.39 is 11.7 Å². The van der Waals surface area contributed by atoms with E-state index in [1.165, 1.54) is 16.4 Å². The molecule has 1 amide bonds. The third kappa shape index (κ3) is 5.46. The van der Waals surface area contributed by atoms with Crippen LogP contribution in [0.25, 0.3) is 32.1 Å². The van der Waals surface area contributed by atoms with Gasteiger partial charge >= 0.3 is 6.09 Å². The maximum absolute atomic E-state index is 13.3. The van der Waals surface area contributed by atoms with Gasteiger partial charge in [0.25, 0.3) is 5.56 Å². The Bertz CT molecular complexity index is 1500. The number of aromatic nitrogens is 3. The SMILES string of the molecule is Cc1nccc2c1c(=O)n(C)c1cc(ON(C(=O)OC(C)(C)C)C(C)CC(C)C)c(-c3cncs3)cc21. The summed E-state index contributed by atoms with van der Waals surface area (Å²) in [7, 11) is 1.74. The molecule has 8 nitrogen and oxygen atoms in total. The summed E-state index contributed by atoms with van der Waals surface area (Å²) in [5.41, 5.74) is 3.07. The summed E-state index contributed by atoms with van der Waals surface area (Å²) in [5, 5.41) is 3.60. The second kappa shape index (κ2) is 10.1. The van der Waals surface area contributed by atoms with Crippen molar-refractivity contribution in [3.63, 3.8) is 0 Å². The van der Waals surface area contributed by atoms with Crippen molar-refractivity contribution in [1.82, 2.24) is 19.6 Å². The molecule has 1 aromatic carbocycles. The predicted molar refractivity (Wildman–Crippen MR) is 148 cm³/mol. The van der Waals surface area contributed by atoms with E-state index in [0.29, 0.717) is 28.3 Å². The first-order chi connectivity index (χ1) is 17.4. The van der Waals surface area contributed by atoms with Gasteiger partial charge in [-0.2, -0.15) is 0 Å². The standard InChI is InChI=1S/C28H34N4O4S/c1-16(2)11-17(3)32(27(34)35-28(5,6)7)36-23-13-22-20(12-21(23)24-14-29-15-37-24)19-9-10-30-18(4)25(19)26(33)31(22)8/h9-10,12-17H,11H2,1-8H3. The molecule has 0 aliphatic carbocycles. The van der Waals surface area contributed by atoms with Crippen molar-refractivity contribution in [3.05, 3.63) is 52.2 Å². The average Bonchev–Trinajstić information content (AvgIpc) is 3.33. The maximum atomic E-state index is 13.3. The molecule has 3 aromatic heterocycles. The fraction of sp³-hybridized carbons (Fsp3) is 0.429. The summed E-state index contributed by atoms with van der Waals surface area (Å²) in [6, 6.07) is 5.43. The fourth-order valence-corrected chi connectivity index (χ4v) is 5.16. The number of pyridine rings is 2. The molecular formula is C28H34N4O4S. The summed E-state index contributed by atoms with van der Waals surface area (Å²) in [6.07, 6.45) is 3.64. The van der Waals surface area contributed by atoms with Crippen LogP contribution in [0.5, 0.6) is 5.75 Å². The molecule has 0 saturated heterocycles. The lowest BCUT2D eigenvalue weighted by atomic mass is 10.0. The number of aryl methyl sites for hydroxylation is 2. The van der Waals surface area contributed by atoms with Gasteiger partial charge in [-0.25, -0.2) is 4.79 Å². The van der Waals surface area contributed by atoms with E-state index in [-0.39, 0.29) is 11.6 Å². The van der Waals surface area contributed by atoms with Gasteiger partial charge in [0.05, 0.1) is 33.0 Å². The van der Waals surface area contributed by atoms with Gasteiger partial charge < -0.3 is 14.1 Å². The molecule has 0 N–H and O–H groups in total. The quantitative estimate of drug-likeness (QED) is 0.213. The zero-order valence-corrected chi connectivity index (χ0v) is 23.5. The minimum atomic E-state index is -0.686. The molecule has 0 spiro atoms. The molecule has 4 rings (SSSR count). The van der Waals surface area contributed by atoms with Gasteiger partial charge in [-0.05, 0) is 64.5 Å². The number of nitrogens with zero attached hydrogens (tertiary/aromatic N) is 4. The third-order valence-corrected chi connectivity index (χ3v) is 6.90. The van der Waals surface area contributed by atoms with Gasteiger partial charge in [0, 0.05) is 36.5 Å². The molecule has 1 unspecified atom stereocenters. The van der Waals surface area contributed by atoms with Crippen LogP contribution in [0, 0.1) is 12.8 Å². The molecule has 9 heteroatoms. The van der Waals surface area contributed by atoms with Gasteiger partial charge in [-0.15, -0.1) is 16.4 Å². The van der Waals surface area contributed by atoms with Crippen LogP contribution in [0.15, 0.2) is 40.9 Å². The van der Waals surface area contributed by atoms with Crippen LogP contribution in [0.1, 0.15) is 53.7 Å². The molecule has 0 radical (unpaired) electrons. The number of rotatable bonds is 6. The number of benzene rings is 1. The molecule has 0 saturated carbocycles. The number of thiazole rings is 1. The predicted octanol–water partition coefficient (Wildman–Crippen LogP) is 6.48. The number of carbonyl (C=O) groups excluding carboxylic acids is 1. The van der Waals surface area contributed by atoms with Crippen LogP contribution in [-0.2, 0) is 11.8 Å². The second-order valence-electron chi connectivity index (χ2n) is 10.8. The second-order valence-corrected chi connectivity index (χ2v) is 11.7. The number of hydroxylamine groups is 2. The normalized spacial score (nSPS) is 12.8. The van der Waals surface area contributed by atoms with Gasteiger partial charge in [0.2, 0.25) is 0 Å². The number of ether oxygens (including phenoxy) is 1. The lowest BCUT2D eigenvalue weighted by Gasteiger charge is -2.32. The first kappa shape index (κ1) is 26.6. The molecule has 3 heterocycles. The number of amides is 1. The Labute approximate surface area is 220 Å². The largest absolute Gasteiger partial charge is 0.443 e. The first-order valence-electron chi connectivity index (χ1n) is 12.4. The molecule has 0 aliphatic heterocycles. The van der Waals surface area contributed by atoms with Crippen molar-refractivity contribution in [2.45, 2.75) is 66.5 Å². The Morgan fingerprint density at radius 3 is 2.54 bits per heavy atom. The molecule has 0 aliphatic rings. The summed E-state index contributed by atoms with van der Waals surface area (Å²) in [5.74, 6) is 0.781. The third-order valence-electron chi connectivity index (χ3n) is 6.09. The maximum Gasteiger partial charge on any atom is 0.443 e. The first-order valence-corrected chi connectivity index (χ1v) is 13.3. The van der Waals surface area contributed by atoms with Crippen molar-refractivity contribution >= 4 is 39.1 Å². The number of hydrogen-bond acceptors (Lipinski definition) is 7. The highest BCUT2D eigenvalue weighted by atomic mass is 32.1. The molecule has 37 heavy (non-hydrogen) atoms. The van der Waals surface area contributed by atoms with Crippen LogP contribution in [0.3, 0.4) is 0 Å². The molecule has 196 valence electrons. The minimum absolute atomic E-state index is 0.137. The van der Waals surface area contributed by atoms with E-state index >= 15 is 0 Å². The Hall–Kier alpha value is -3.46. The van der Waals surface area contributed by atoms with Crippen molar-refractivity contribution in [1.29, 1.82) is 0 Å². The highest BCUT2D eigenvalue weighted by Crippen LogP contribution is 2.39. The Morgan fingerprint density at radius 2 is 1.92 bits per heavy atom. The summed E-state index contributed by atoms with van der Waals surface area (Å²) < 4.78 is 7.30. The summed E-state index contributed by atoms with van der Waals surface area (Å²) in [6.45, 7) is 13.5. The average molecular weight is 523 g/mol. The Balaban J connectivity index is 1.95. The van der Waals surface area contributed by atoms with Gasteiger partial charge in [0.15, 0.2) is 5.75 Å². The molecular weight excluding hydrogens is 488 g/mol. The van der Waals surface area contributed by atoms with E-state index in [2.05, 4.69) is 23.8 Å². The van der Waals surface area contributed by atoms with E-state index in [0.717, 1.165) is 27.6 Å². The van der Waals surface area contributed by atoms with Crippen molar-refractivity contribution in [3.8, 4) is 16.2 Å². The lowest BCUT2D eigenvalue weighted by Crippen LogP contribution is -2.44. The Kier molecular flexibility index (Phi) is 7.28. The van der Waals surface area contributed by atoms with Crippen LogP contribution in [-0.4, -0.2) is 37.3 Å². The highest BCUT2D eigenvalue weighted by molar-refractivity contribution is 7.13.